The normalized spacial score (nSPS) is 10.6. The summed E-state index contributed by atoms with van der Waals surface area (Å²) in [7, 11) is 0. The van der Waals surface area contributed by atoms with Crippen LogP contribution >= 0.6 is 15.9 Å². The van der Waals surface area contributed by atoms with E-state index in [4.69, 9.17) is 0 Å². The van der Waals surface area contributed by atoms with Crippen LogP contribution in [-0.2, 0) is 0 Å². The van der Waals surface area contributed by atoms with Crippen molar-refractivity contribution in [2.75, 3.05) is 0 Å². The summed E-state index contributed by atoms with van der Waals surface area (Å²) in [6.45, 7) is 1.97. The highest BCUT2D eigenvalue weighted by atomic mass is 79.9. The van der Waals surface area contributed by atoms with Gasteiger partial charge in [0.2, 0.25) is 0 Å². The minimum Gasteiger partial charge on any atom is -0.506 e. The fourth-order valence-corrected chi connectivity index (χ4v) is 1.85. The topological polar surface area (TPSA) is 33.1 Å². The van der Waals surface area contributed by atoms with E-state index in [2.05, 4.69) is 20.9 Å². The van der Waals surface area contributed by atoms with Gasteiger partial charge in [-0.3, -0.25) is 4.98 Å². The Balaban J connectivity index is 3.00. The maximum Gasteiger partial charge on any atom is 0.141 e. The van der Waals surface area contributed by atoms with Crippen LogP contribution in [0.1, 0.15) is 5.56 Å². The second-order valence-electron chi connectivity index (χ2n) is 2.95. The van der Waals surface area contributed by atoms with Crippen molar-refractivity contribution >= 4 is 26.7 Å². The first kappa shape index (κ1) is 8.51. The number of halogens is 1. The predicted octanol–water partition coefficient (Wildman–Crippen LogP) is 3.01. The molecule has 0 aliphatic rings. The molecule has 66 valence electrons. The average molecular weight is 238 g/mol. The van der Waals surface area contributed by atoms with Gasteiger partial charge in [-0.25, -0.2) is 0 Å². The molecule has 0 atom stereocenters. The first-order valence-electron chi connectivity index (χ1n) is 3.92. The van der Waals surface area contributed by atoms with Gasteiger partial charge in [0.05, 0.1) is 6.20 Å². The Kier molecular flexibility index (Phi) is 1.96. The first-order chi connectivity index (χ1) is 6.20. The van der Waals surface area contributed by atoms with Crippen molar-refractivity contribution in [1.82, 2.24) is 4.98 Å². The summed E-state index contributed by atoms with van der Waals surface area (Å²) in [5, 5.41) is 11.4. The SMILES string of the molecule is Cc1ccc(Br)c2cncc(O)c12. The highest BCUT2D eigenvalue weighted by Gasteiger charge is 2.05. The fourth-order valence-electron chi connectivity index (χ4n) is 1.42. The number of rotatable bonds is 0. The maximum absolute atomic E-state index is 9.59. The third-order valence-electron chi connectivity index (χ3n) is 2.06. The van der Waals surface area contributed by atoms with E-state index in [1.54, 1.807) is 6.20 Å². The van der Waals surface area contributed by atoms with Crippen LogP contribution in [0.4, 0.5) is 0 Å². The molecule has 0 bridgehead atoms. The molecule has 2 nitrogen and oxygen atoms in total. The standard InChI is InChI=1S/C10H8BrNO/c1-6-2-3-8(11)7-4-12-5-9(13)10(6)7/h2-5,13H,1H3. The number of aromatic nitrogens is 1. The number of aryl methyl sites for hydroxylation is 1. The molecule has 2 rings (SSSR count). The molecular weight excluding hydrogens is 230 g/mol. The zero-order valence-corrected chi connectivity index (χ0v) is 8.67. The van der Waals surface area contributed by atoms with Gasteiger partial charge in [-0.1, -0.05) is 22.0 Å². The van der Waals surface area contributed by atoms with Gasteiger partial charge in [0.1, 0.15) is 5.75 Å². The minimum atomic E-state index is 0.233. The average Bonchev–Trinajstić information content (AvgIpc) is 2.12. The highest BCUT2D eigenvalue weighted by Crippen LogP contribution is 2.31. The lowest BCUT2D eigenvalue weighted by Crippen LogP contribution is -1.82. The van der Waals surface area contributed by atoms with Crippen molar-refractivity contribution in [3.05, 3.63) is 34.6 Å². The van der Waals surface area contributed by atoms with E-state index in [0.717, 1.165) is 20.8 Å². The van der Waals surface area contributed by atoms with Gasteiger partial charge in [-0.05, 0) is 18.6 Å². The molecule has 0 saturated carbocycles. The van der Waals surface area contributed by atoms with Crippen LogP contribution in [0.15, 0.2) is 29.0 Å². The maximum atomic E-state index is 9.59. The molecule has 0 amide bonds. The Morgan fingerprint density at radius 2 is 2.08 bits per heavy atom. The van der Waals surface area contributed by atoms with E-state index in [9.17, 15) is 5.11 Å². The number of nitrogens with zero attached hydrogens (tertiary/aromatic N) is 1. The lowest BCUT2D eigenvalue weighted by molar-refractivity contribution is 0.479. The molecule has 0 aliphatic heterocycles. The van der Waals surface area contributed by atoms with Gasteiger partial charge >= 0.3 is 0 Å². The van der Waals surface area contributed by atoms with Crippen molar-refractivity contribution in [2.24, 2.45) is 0 Å². The lowest BCUT2D eigenvalue weighted by atomic mass is 10.1. The third-order valence-corrected chi connectivity index (χ3v) is 2.75. The van der Waals surface area contributed by atoms with Crippen LogP contribution in [0.25, 0.3) is 10.8 Å². The van der Waals surface area contributed by atoms with Crippen LogP contribution in [0.2, 0.25) is 0 Å². The van der Waals surface area contributed by atoms with E-state index in [1.807, 2.05) is 19.1 Å². The number of pyridine rings is 1. The van der Waals surface area contributed by atoms with Gasteiger partial charge in [0.15, 0.2) is 0 Å². The molecule has 2 aromatic rings. The minimum absolute atomic E-state index is 0.233. The summed E-state index contributed by atoms with van der Waals surface area (Å²) < 4.78 is 0.955. The fraction of sp³-hybridized carbons (Fsp3) is 0.100. The van der Waals surface area contributed by atoms with Crippen molar-refractivity contribution in [2.45, 2.75) is 6.92 Å². The van der Waals surface area contributed by atoms with Gasteiger partial charge in [-0.15, -0.1) is 0 Å². The molecule has 1 heterocycles. The van der Waals surface area contributed by atoms with Gasteiger partial charge in [-0.2, -0.15) is 0 Å². The second kappa shape index (κ2) is 3.00. The smallest absolute Gasteiger partial charge is 0.141 e. The van der Waals surface area contributed by atoms with Crippen LogP contribution in [-0.4, -0.2) is 10.1 Å². The number of fused-ring (bicyclic) bond motifs is 1. The van der Waals surface area contributed by atoms with E-state index in [1.165, 1.54) is 6.20 Å². The van der Waals surface area contributed by atoms with E-state index in [-0.39, 0.29) is 5.75 Å². The Bertz CT molecular complexity index is 459. The molecule has 1 aromatic carbocycles. The zero-order valence-electron chi connectivity index (χ0n) is 7.08. The summed E-state index contributed by atoms with van der Waals surface area (Å²) in [5.74, 6) is 0.233. The van der Waals surface area contributed by atoms with Crippen LogP contribution < -0.4 is 0 Å². The van der Waals surface area contributed by atoms with Gasteiger partial charge in [0.25, 0.3) is 0 Å². The van der Waals surface area contributed by atoms with Crippen molar-refractivity contribution in [1.29, 1.82) is 0 Å². The summed E-state index contributed by atoms with van der Waals surface area (Å²) in [6.07, 6.45) is 3.20. The quantitative estimate of drug-likeness (QED) is 0.765. The monoisotopic (exact) mass is 237 g/mol. The lowest BCUT2D eigenvalue weighted by Gasteiger charge is -2.04. The number of hydrogen-bond donors (Lipinski definition) is 1. The molecular formula is C10H8BrNO. The summed E-state index contributed by atoms with van der Waals surface area (Å²) in [5.41, 5.74) is 1.05. The van der Waals surface area contributed by atoms with E-state index in [0.29, 0.717) is 0 Å². The number of hydrogen-bond acceptors (Lipinski definition) is 2. The Hall–Kier alpha value is -1.09. The molecule has 0 unspecified atom stereocenters. The molecule has 0 radical (unpaired) electrons. The van der Waals surface area contributed by atoms with Crippen LogP contribution in [0.5, 0.6) is 5.75 Å². The van der Waals surface area contributed by atoms with Crippen LogP contribution in [0.3, 0.4) is 0 Å². The number of aromatic hydroxyl groups is 1. The van der Waals surface area contributed by atoms with Crippen molar-refractivity contribution in [3.63, 3.8) is 0 Å². The predicted molar refractivity (Wildman–Crippen MR) is 55.8 cm³/mol. The van der Waals surface area contributed by atoms with Crippen LogP contribution in [0, 0.1) is 6.92 Å². The molecule has 3 heteroatoms. The van der Waals surface area contributed by atoms with E-state index < -0.39 is 0 Å². The second-order valence-corrected chi connectivity index (χ2v) is 3.80. The summed E-state index contributed by atoms with van der Waals surface area (Å²) >= 11 is 3.41. The Labute approximate surface area is 84.4 Å². The van der Waals surface area contributed by atoms with Gasteiger partial charge < -0.3 is 5.11 Å². The molecule has 0 spiro atoms. The zero-order chi connectivity index (χ0) is 9.42. The molecule has 0 fully saturated rings. The molecule has 1 aromatic heterocycles. The summed E-state index contributed by atoms with van der Waals surface area (Å²) in [6, 6.07) is 3.92. The van der Waals surface area contributed by atoms with E-state index >= 15 is 0 Å². The molecule has 0 saturated heterocycles. The largest absolute Gasteiger partial charge is 0.506 e. The Morgan fingerprint density at radius 1 is 1.31 bits per heavy atom. The van der Waals surface area contributed by atoms with Crippen molar-refractivity contribution < 1.29 is 5.11 Å². The molecule has 13 heavy (non-hydrogen) atoms. The highest BCUT2D eigenvalue weighted by molar-refractivity contribution is 9.10. The first-order valence-corrected chi connectivity index (χ1v) is 4.71. The molecule has 0 aliphatic carbocycles. The van der Waals surface area contributed by atoms with Crippen molar-refractivity contribution in [3.8, 4) is 5.75 Å². The molecule has 1 N–H and O–H groups in total. The third kappa shape index (κ3) is 1.29. The number of benzene rings is 1. The summed E-state index contributed by atoms with van der Waals surface area (Å²) in [4.78, 5) is 3.93. The van der Waals surface area contributed by atoms with Gasteiger partial charge in [0, 0.05) is 21.4 Å². The Morgan fingerprint density at radius 3 is 2.77 bits per heavy atom.